The van der Waals surface area contributed by atoms with Gasteiger partial charge < -0.3 is 10.1 Å². The maximum atomic E-state index is 6.08. The zero-order chi connectivity index (χ0) is 11.6. The van der Waals surface area contributed by atoms with Gasteiger partial charge >= 0.3 is 0 Å². The largest absolute Gasteiger partial charge is 0.380 e. The molecular formula is C12H15Cl2NO. The Morgan fingerprint density at radius 1 is 1.31 bits per heavy atom. The Hall–Kier alpha value is -0.280. The predicted molar refractivity (Wildman–Crippen MR) is 67.1 cm³/mol. The van der Waals surface area contributed by atoms with Crippen molar-refractivity contribution in [3.05, 3.63) is 33.8 Å². The molecule has 1 N–H and O–H groups in total. The van der Waals surface area contributed by atoms with E-state index in [4.69, 9.17) is 27.9 Å². The van der Waals surface area contributed by atoms with E-state index in [2.05, 4.69) is 12.2 Å². The molecule has 0 bridgehead atoms. The van der Waals surface area contributed by atoms with Gasteiger partial charge in [0.1, 0.15) is 0 Å². The van der Waals surface area contributed by atoms with E-state index in [1.807, 2.05) is 18.2 Å². The molecule has 2 nitrogen and oxygen atoms in total. The van der Waals surface area contributed by atoms with Gasteiger partial charge in [-0.25, -0.2) is 0 Å². The average Bonchev–Trinajstić information content (AvgIpc) is 2.20. The smallest absolute Gasteiger partial charge is 0.0554 e. The first kappa shape index (κ1) is 12.2. The third-order valence-corrected chi connectivity index (χ3v) is 3.52. The molecule has 2 rings (SSSR count). The number of hydrogen-bond donors (Lipinski definition) is 1. The van der Waals surface area contributed by atoms with Gasteiger partial charge in [0.2, 0.25) is 0 Å². The van der Waals surface area contributed by atoms with Gasteiger partial charge in [0.25, 0.3) is 0 Å². The summed E-state index contributed by atoms with van der Waals surface area (Å²) in [5.74, 6) is 0. The highest BCUT2D eigenvalue weighted by Gasteiger charge is 2.32. The molecule has 1 aromatic rings. The van der Waals surface area contributed by atoms with Crippen molar-refractivity contribution in [2.75, 3.05) is 19.8 Å². The fourth-order valence-electron chi connectivity index (χ4n) is 1.74. The topological polar surface area (TPSA) is 21.3 Å². The van der Waals surface area contributed by atoms with E-state index in [-0.39, 0.29) is 5.41 Å². The Bertz CT molecular complexity index is 357. The molecule has 0 atom stereocenters. The summed E-state index contributed by atoms with van der Waals surface area (Å²) < 4.78 is 5.20. The standard InChI is InChI=1S/C12H15Cl2NO/c1-12(7-16-8-12)6-15-5-9-10(13)3-2-4-11(9)14/h2-4,15H,5-8H2,1H3. The maximum absolute atomic E-state index is 6.08. The highest BCUT2D eigenvalue weighted by atomic mass is 35.5. The number of halogens is 2. The third kappa shape index (κ3) is 2.69. The van der Waals surface area contributed by atoms with E-state index in [9.17, 15) is 0 Å². The van der Waals surface area contributed by atoms with Gasteiger partial charge in [0, 0.05) is 34.1 Å². The summed E-state index contributed by atoms with van der Waals surface area (Å²) in [4.78, 5) is 0. The minimum atomic E-state index is 0.272. The number of nitrogens with one attached hydrogen (secondary N) is 1. The first-order valence-electron chi connectivity index (χ1n) is 5.32. The third-order valence-electron chi connectivity index (χ3n) is 2.82. The van der Waals surface area contributed by atoms with Crippen LogP contribution in [0.5, 0.6) is 0 Å². The predicted octanol–water partition coefficient (Wildman–Crippen LogP) is 3.12. The van der Waals surface area contributed by atoms with E-state index >= 15 is 0 Å². The van der Waals surface area contributed by atoms with E-state index in [1.165, 1.54) is 0 Å². The molecule has 0 aliphatic carbocycles. The molecule has 0 saturated carbocycles. The van der Waals surface area contributed by atoms with Crippen molar-refractivity contribution in [3.63, 3.8) is 0 Å². The summed E-state index contributed by atoms with van der Waals surface area (Å²) in [5.41, 5.74) is 1.24. The molecule has 0 amide bonds. The molecule has 0 radical (unpaired) electrons. The number of ether oxygens (including phenoxy) is 1. The number of rotatable bonds is 4. The van der Waals surface area contributed by atoms with Crippen LogP contribution in [0.15, 0.2) is 18.2 Å². The van der Waals surface area contributed by atoms with Crippen LogP contribution in [0, 0.1) is 5.41 Å². The van der Waals surface area contributed by atoms with Crippen molar-refractivity contribution in [1.29, 1.82) is 0 Å². The Morgan fingerprint density at radius 2 is 1.94 bits per heavy atom. The van der Waals surface area contributed by atoms with Crippen molar-refractivity contribution in [3.8, 4) is 0 Å². The molecule has 1 saturated heterocycles. The van der Waals surface area contributed by atoms with Crippen LogP contribution in [0.25, 0.3) is 0 Å². The number of benzene rings is 1. The minimum absolute atomic E-state index is 0.272. The van der Waals surface area contributed by atoms with Gasteiger partial charge in [0.05, 0.1) is 13.2 Å². The zero-order valence-electron chi connectivity index (χ0n) is 9.22. The van der Waals surface area contributed by atoms with Crippen LogP contribution < -0.4 is 5.32 Å². The summed E-state index contributed by atoms with van der Waals surface area (Å²) in [7, 11) is 0. The van der Waals surface area contributed by atoms with Crippen molar-refractivity contribution in [2.24, 2.45) is 5.41 Å². The lowest BCUT2D eigenvalue weighted by atomic mass is 9.89. The zero-order valence-corrected chi connectivity index (χ0v) is 10.7. The Balaban J connectivity index is 1.89. The van der Waals surface area contributed by atoms with Gasteiger partial charge in [-0.1, -0.05) is 36.2 Å². The van der Waals surface area contributed by atoms with Crippen molar-refractivity contribution < 1.29 is 4.74 Å². The minimum Gasteiger partial charge on any atom is -0.380 e. The molecule has 1 aromatic carbocycles. The van der Waals surface area contributed by atoms with Crippen LogP contribution in [0.3, 0.4) is 0 Å². The molecule has 1 aliphatic heterocycles. The molecule has 88 valence electrons. The number of hydrogen-bond acceptors (Lipinski definition) is 2. The summed E-state index contributed by atoms with van der Waals surface area (Å²) >= 11 is 12.2. The lowest BCUT2D eigenvalue weighted by molar-refractivity contribution is -0.0991. The lowest BCUT2D eigenvalue weighted by Crippen LogP contribution is -2.47. The van der Waals surface area contributed by atoms with Crippen LogP contribution in [-0.2, 0) is 11.3 Å². The molecule has 1 aliphatic rings. The van der Waals surface area contributed by atoms with Crippen molar-refractivity contribution in [2.45, 2.75) is 13.5 Å². The molecule has 0 aromatic heterocycles. The summed E-state index contributed by atoms with van der Waals surface area (Å²) in [6, 6.07) is 5.58. The molecule has 1 fully saturated rings. The van der Waals surface area contributed by atoms with Crippen LogP contribution in [-0.4, -0.2) is 19.8 Å². The molecule has 1 heterocycles. The Kier molecular flexibility index (Phi) is 3.75. The normalized spacial score (nSPS) is 18.2. The van der Waals surface area contributed by atoms with E-state index in [1.54, 1.807) is 0 Å². The fourth-order valence-corrected chi connectivity index (χ4v) is 2.27. The fraction of sp³-hybridized carbons (Fsp3) is 0.500. The quantitative estimate of drug-likeness (QED) is 0.898. The molecule has 16 heavy (non-hydrogen) atoms. The molecular weight excluding hydrogens is 245 g/mol. The van der Waals surface area contributed by atoms with E-state index < -0.39 is 0 Å². The van der Waals surface area contributed by atoms with Gasteiger partial charge in [0.15, 0.2) is 0 Å². The molecule has 4 heteroatoms. The lowest BCUT2D eigenvalue weighted by Gasteiger charge is -2.38. The summed E-state index contributed by atoms with van der Waals surface area (Å²) in [6.45, 7) is 5.49. The second kappa shape index (κ2) is 4.92. The van der Waals surface area contributed by atoms with Crippen molar-refractivity contribution >= 4 is 23.2 Å². The highest BCUT2D eigenvalue weighted by Crippen LogP contribution is 2.27. The molecule has 0 spiro atoms. The Labute approximate surface area is 106 Å². The SMILES string of the molecule is CC1(CNCc2c(Cl)cccc2Cl)COC1. The van der Waals surface area contributed by atoms with Crippen molar-refractivity contribution in [1.82, 2.24) is 5.32 Å². The average molecular weight is 260 g/mol. The summed E-state index contributed by atoms with van der Waals surface area (Å²) in [5, 5.41) is 4.81. The van der Waals surface area contributed by atoms with Crippen LogP contribution in [0.2, 0.25) is 10.0 Å². The van der Waals surface area contributed by atoms with Gasteiger partial charge in [-0.2, -0.15) is 0 Å². The van der Waals surface area contributed by atoms with Gasteiger partial charge in [-0.3, -0.25) is 0 Å². The van der Waals surface area contributed by atoms with Gasteiger partial charge in [-0.15, -0.1) is 0 Å². The maximum Gasteiger partial charge on any atom is 0.0554 e. The van der Waals surface area contributed by atoms with E-state index in [0.29, 0.717) is 6.54 Å². The first-order valence-corrected chi connectivity index (χ1v) is 6.08. The summed E-state index contributed by atoms with van der Waals surface area (Å²) in [6.07, 6.45) is 0. The first-order chi connectivity index (χ1) is 7.61. The monoisotopic (exact) mass is 259 g/mol. The second-order valence-electron chi connectivity index (χ2n) is 4.61. The van der Waals surface area contributed by atoms with E-state index in [0.717, 1.165) is 35.4 Å². The van der Waals surface area contributed by atoms with Crippen LogP contribution in [0.1, 0.15) is 12.5 Å². The van der Waals surface area contributed by atoms with Gasteiger partial charge in [-0.05, 0) is 12.1 Å². The Morgan fingerprint density at radius 3 is 2.44 bits per heavy atom. The molecule has 0 unspecified atom stereocenters. The second-order valence-corrected chi connectivity index (χ2v) is 5.42. The van der Waals surface area contributed by atoms with Crippen LogP contribution >= 0.6 is 23.2 Å². The highest BCUT2D eigenvalue weighted by molar-refractivity contribution is 6.35. The van der Waals surface area contributed by atoms with Crippen LogP contribution in [0.4, 0.5) is 0 Å².